The predicted octanol–water partition coefficient (Wildman–Crippen LogP) is 1.83. The van der Waals surface area contributed by atoms with Crippen LogP contribution in [0.15, 0.2) is 30.5 Å². The second kappa shape index (κ2) is 5.46. The third-order valence-corrected chi connectivity index (χ3v) is 3.99. The summed E-state index contributed by atoms with van der Waals surface area (Å²) in [6.07, 6.45) is 3.31. The Morgan fingerprint density at radius 1 is 1.18 bits per heavy atom. The summed E-state index contributed by atoms with van der Waals surface area (Å²) < 4.78 is 10.7. The van der Waals surface area contributed by atoms with Gasteiger partial charge in [0.05, 0.1) is 6.10 Å². The van der Waals surface area contributed by atoms with Crippen LogP contribution in [0.2, 0.25) is 0 Å². The number of piperidine rings is 1. The molecule has 114 valence electrons. The largest absolute Gasteiger partial charge is 0.454 e. The summed E-state index contributed by atoms with van der Waals surface area (Å²) in [6, 6.07) is 7.58. The molecule has 0 bridgehead atoms. The van der Waals surface area contributed by atoms with Gasteiger partial charge in [0.25, 0.3) is 0 Å². The highest BCUT2D eigenvalue weighted by Gasteiger charge is 2.20. The minimum Gasteiger partial charge on any atom is -0.454 e. The van der Waals surface area contributed by atoms with Crippen molar-refractivity contribution in [2.45, 2.75) is 18.9 Å². The van der Waals surface area contributed by atoms with Crippen molar-refractivity contribution >= 4 is 5.82 Å². The third-order valence-electron chi connectivity index (χ3n) is 3.99. The van der Waals surface area contributed by atoms with Crippen molar-refractivity contribution in [3.63, 3.8) is 0 Å². The molecule has 0 saturated carbocycles. The molecule has 22 heavy (non-hydrogen) atoms. The van der Waals surface area contributed by atoms with Crippen LogP contribution in [-0.4, -0.2) is 41.1 Å². The van der Waals surface area contributed by atoms with E-state index in [0.29, 0.717) is 12.4 Å². The molecule has 0 aliphatic carbocycles. The topological polar surface area (TPSA) is 67.7 Å². The second-order valence-electron chi connectivity index (χ2n) is 5.55. The number of rotatable bonds is 2. The second-order valence-corrected chi connectivity index (χ2v) is 5.55. The predicted molar refractivity (Wildman–Crippen MR) is 81.0 cm³/mol. The van der Waals surface area contributed by atoms with Gasteiger partial charge in [0, 0.05) is 24.8 Å². The van der Waals surface area contributed by atoms with Gasteiger partial charge >= 0.3 is 0 Å². The zero-order valence-electron chi connectivity index (χ0n) is 12.1. The first-order chi connectivity index (χ1) is 10.8. The highest BCUT2D eigenvalue weighted by atomic mass is 16.7. The van der Waals surface area contributed by atoms with Crippen LogP contribution in [-0.2, 0) is 0 Å². The lowest BCUT2D eigenvalue weighted by Crippen LogP contribution is -2.38. The molecule has 0 spiro atoms. The number of ether oxygens (including phenoxy) is 2. The molecular weight excluding hydrogens is 282 g/mol. The van der Waals surface area contributed by atoms with E-state index in [1.807, 2.05) is 24.3 Å². The van der Waals surface area contributed by atoms with E-state index in [-0.39, 0.29) is 12.9 Å². The maximum Gasteiger partial charge on any atom is 0.231 e. The summed E-state index contributed by atoms with van der Waals surface area (Å²) >= 11 is 0. The zero-order valence-corrected chi connectivity index (χ0v) is 12.1. The fourth-order valence-corrected chi connectivity index (χ4v) is 2.86. The lowest BCUT2D eigenvalue weighted by atomic mass is 10.1. The number of β-amino-alcohol motifs (C(OH)–C–C–N with tert-alkyl or cyclic N) is 1. The zero-order chi connectivity index (χ0) is 14.9. The highest BCUT2D eigenvalue weighted by molar-refractivity contribution is 5.62. The van der Waals surface area contributed by atoms with E-state index in [1.54, 1.807) is 6.20 Å². The van der Waals surface area contributed by atoms with Gasteiger partial charge in [-0.1, -0.05) is 0 Å². The van der Waals surface area contributed by atoms with Crippen LogP contribution in [0.25, 0.3) is 11.4 Å². The Hall–Kier alpha value is -2.34. The Labute approximate surface area is 128 Å². The Kier molecular flexibility index (Phi) is 3.31. The van der Waals surface area contributed by atoms with Gasteiger partial charge in [-0.05, 0) is 37.1 Å². The van der Waals surface area contributed by atoms with E-state index < -0.39 is 0 Å². The Balaban J connectivity index is 1.64. The van der Waals surface area contributed by atoms with Crippen LogP contribution in [0.5, 0.6) is 11.5 Å². The number of fused-ring (bicyclic) bond motifs is 1. The Bertz CT molecular complexity index is 692. The average Bonchev–Trinajstić information content (AvgIpc) is 3.02. The number of hydrogen-bond donors (Lipinski definition) is 1. The summed E-state index contributed by atoms with van der Waals surface area (Å²) in [5.74, 6) is 2.97. The molecule has 0 amide bonds. The molecule has 2 aliphatic heterocycles. The summed E-state index contributed by atoms with van der Waals surface area (Å²) in [5.41, 5.74) is 0.892. The summed E-state index contributed by atoms with van der Waals surface area (Å²) in [4.78, 5) is 11.1. The highest BCUT2D eigenvalue weighted by Crippen LogP contribution is 2.35. The van der Waals surface area contributed by atoms with Gasteiger partial charge in [-0.15, -0.1) is 0 Å². The third kappa shape index (κ3) is 2.46. The van der Waals surface area contributed by atoms with Gasteiger partial charge < -0.3 is 19.5 Å². The number of aliphatic hydroxyl groups is 1. The molecule has 1 N–H and O–H groups in total. The minimum absolute atomic E-state index is 0.255. The standard InChI is InChI=1S/C16H17N3O3/c20-12-2-1-7-19(9-12)15-5-6-17-16(18-15)11-3-4-13-14(8-11)22-10-21-13/h3-6,8,12,20H,1-2,7,9-10H2/t12-/m1/s1. The summed E-state index contributed by atoms with van der Waals surface area (Å²) in [6.45, 7) is 1.79. The fraction of sp³-hybridized carbons (Fsp3) is 0.375. The molecule has 0 radical (unpaired) electrons. The van der Waals surface area contributed by atoms with Crippen LogP contribution >= 0.6 is 0 Å². The molecule has 6 heteroatoms. The van der Waals surface area contributed by atoms with Crippen LogP contribution in [0.1, 0.15) is 12.8 Å². The van der Waals surface area contributed by atoms with E-state index >= 15 is 0 Å². The molecule has 0 unspecified atom stereocenters. The van der Waals surface area contributed by atoms with Crippen molar-refractivity contribution in [3.05, 3.63) is 30.5 Å². The number of nitrogens with zero attached hydrogens (tertiary/aromatic N) is 3. The van der Waals surface area contributed by atoms with Gasteiger partial charge in [-0.25, -0.2) is 9.97 Å². The molecule has 6 nitrogen and oxygen atoms in total. The lowest BCUT2D eigenvalue weighted by Gasteiger charge is -2.31. The Morgan fingerprint density at radius 3 is 3.00 bits per heavy atom. The first-order valence-corrected chi connectivity index (χ1v) is 7.46. The maximum atomic E-state index is 9.82. The van der Waals surface area contributed by atoms with E-state index in [2.05, 4.69) is 14.9 Å². The maximum absolute atomic E-state index is 9.82. The lowest BCUT2D eigenvalue weighted by molar-refractivity contribution is 0.154. The molecule has 1 aromatic heterocycles. The number of aromatic nitrogens is 2. The molecule has 1 aromatic carbocycles. The first-order valence-electron chi connectivity index (χ1n) is 7.46. The summed E-state index contributed by atoms with van der Waals surface area (Å²) in [5, 5.41) is 9.82. The van der Waals surface area contributed by atoms with E-state index in [0.717, 1.165) is 42.3 Å². The van der Waals surface area contributed by atoms with Crippen molar-refractivity contribution in [1.82, 2.24) is 9.97 Å². The van der Waals surface area contributed by atoms with Gasteiger partial charge in [0.1, 0.15) is 5.82 Å². The Morgan fingerprint density at radius 2 is 2.09 bits per heavy atom. The molecule has 1 atom stereocenters. The normalized spacial score (nSPS) is 20.2. The molecule has 4 rings (SSSR count). The first kappa shape index (κ1) is 13.3. The van der Waals surface area contributed by atoms with Crippen molar-refractivity contribution in [1.29, 1.82) is 0 Å². The van der Waals surface area contributed by atoms with E-state index in [9.17, 15) is 5.11 Å². The quantitative estimate of drug-likeness (QED) is 0.912. The number of benzene rings is 1. The van der Waals surface area contributed by atoms with E-state index in [4.69, 9.17) is 9.47 Å². The molecule has 2 aromatic rings. The SMILES string of the molecule is O[C@@H]1CCCN(c2ccnc(-c3ccc4c(c3)OCO4)n2)C1. The number of anilines is 1. The molecular formula is C16H17N3O3. The van der Waals surface area contributed by atoms with Crippen LogP contribution < -0.4 is 14.4 Å². The van der Waals surface area contributed by atoms with Crippen molar-refractivity contribution in [2.75, 3.05) is 24.8 Å². The average molecular weight is 299 g/mol. The molecule has 3 heterocycles. The number of aliphatic hydroxyl groups excluding tert-OH is 1. The monoisotopic (exact) mass is 299 g/mol. The minimum atomic E-state index is -0.280. The van der Waals surface area contributed by atoms with Crippen LogP contribution in [0.4, 0.5) is 5.82 Å². The van der Waals surface area contributed by atoms with Crippen LogP contribution in [0, 0.1) is 0 Å². The van der Waals surface area contributed by atoms with Gasteiger partial charge in [-0.3, -0.25) is 0 Å². The molecule has 1 saturated heterocycles. The van der Waals surface area contributed by atoms with Gasteiger partial charge in [0.2, 0.25) is 6.79 Å². The molecule has 1 fully saturated rings. The van der Waals surface area contributed by atoms with Gasteiger partial charge in [0.15, 0.2) is 17.3 Å². The van der Waals surface area contributed by atoms with Crippen molar-refractivity contribution in [2.24, 2.45) is 0 Å². The fourth-order valence-electron chi connectivity index (χ4n) is 2.86. The van der Waals surface area contributed by atoms with Crippen molar-refractivity contribution < 1.29 is 14.6 Å². The smallest absolute Gasteiger partial charge is 0.231 e. The van der Waals surface area contributed by atoms with Gasteiger partial charge in [-0.2, -0.15) is 0 Å². The number of hydrogen-bond acceptors (Lipinski definition) is 6. The summed E-state index contributed by atoms with van der Waals surface area (Å²) in [7, 11) is 0. The molecule has 2 aliphatic rings. The van der Waals surface area contributed by atoms with E-state index in [1.165, 1.54) is 0 Å². The van der Waals surface area contributed by atoms with Crippen LogP contribution in [0.3, 0.4) is 0 Å². The van der Waals surface area contributed by atoms with Crippen molar-refractivity contribution in [3.8, 4) is 22.9 Å².